The summed E-state index contributed by atoms with van der Waals surface area (Å²) in [6.45, 7) is 3.66. The zero-order valence-electron chi connectivity index (χ0n) is 11.2. The minimum atomic E-state index is -0.178. The zero-order chi connectivity index (χ0) is 15.4. The van der Waals surface area contributed by atoms with Crippen molar-refractivity contribution in [2.24, 2.45) is 0 Å². The second-order valence-corrected chi connectivity index (χ2v) is 6.02. The van der Waals surface area contributed by atoms with Gasteiger partial charge < -0.3 is 5.11 Å². The van der Waals surface area contributed by atoms with Crippen LogP contribution in [-0.4, -0.2) is 10.1 Å². The van der Waals surface area contributed by atoms with Gasteiger partial charge in [-0.25, -0.2) is 0 Å². The lowest BCUT2D eigenvalue weighted by atomic mass is 9.89. The maximum absolute atomic E-state index is 9.51. The smallest absolute Gasteiger partial charge is 0.0699 e. The summed E-state index contributed by atoms with van der Waals surface area (Å²) in [4.78, 5) is 4.39. The van der Waals surface area contributed by atoms with E-state index < -0.39 is 0 Å². The molecule has 2 aromatic rings. The van der Waals surface area contributed by atoms with Gasteiger partial charge in [0, 0.05) is 27.2 Å². The Balaban J connectivity index is 2.55. The average molecular weight is 343 g/mol. The molecule has 0 aliphatic heterocycles. The highest BCUT2D eigenvalue weighted by atomic mass is 35.5. The molecule has 0 fully saturated rings. The van der Waals surface area contributed by atoms with Crippen molar-refractivity contribution in [1.82, 2.24) is 4.98 Å². The molecule has 0 bridgehead atoms. The average Bonchev–Trinajstić information content (AvgIpc) is 2.45. The Hall–Kier alpha value is -1.06. The van der Waals surface area contributed by atoms with E-state index in [-0.39, 0.29) is 12.5 Å². The Kier molecular flexibility index (Phi) is 5.65. The lowest BCUT2D eigenvalue weighted by molar-refractivity contribution is 0.279. The van der Waals surface area contributed by atoms with Gasteiger partial charge in [0.25, 0.3) is 0 Å². The summed E-state index contributed by atoms with van der Waals surface area (Å²) in [6, 6.07) is 8.92. The Labute approximate surface area is 139 Å². The van der Waals surface area contributed by atoms with Crippen LogP contribution in [0.4, 0.5) is 0 Å². The number of hydrogen-bond donors (Lipinski definition) is 1. The van der Waals surface area contributed by atoms with Gasteiger partial charge in [-0.2, -0.15) is 0 Å². The molecule has 0 saturated carbocycles. The largest absolute Gasteiger partial charge is 0.392 e. The fraction of sp³-hybridized carbons (Fsp3) is 0.188. The van der Waals surface area contributed by atoms with E-state index in [1.807, 2.05) is 12.1 Å². The zero-order valence-corrected chi connectivity index (χ0v) is 13.5. The van der Waals surface area contributed by atoms with E-state index in [0.29, 0.717) is 21.5 Å². The van der Waals surface area contributed by atoms with Crippen LogP contribution in [-0.2, 0) is 6.61 Å². The van der Waals surface area contributed by atoms with Crippen LogP contribution in [0.2, 0.25) is 10.0 Å². The van der Waals surface area contributed by atoms with E-state index in [0.717, 1.165) is 16.8 Å². The molecular weight excluding hydrogens is 329 g/mol. The van der Waals surface area contributed by atoms with Crippen molar-refractivity contribution in [2.75, 3.05) is 0 Å². The molecule has 5 heteroatoms. The van der Waals surface area contributed by atoms with Crippen LogP contribution in [0.15, 0.2) is 48.1 Å². The van der Waals surface area contributed by atoms with Crippen molar-refractivity contribution < 1.29 is 5.11 Å². The molecule has 0 amide bonds. The third-order valence-electron chi connectivity index (χ3n) is 3.19. The summed E-state index contributed by atoms with van der Waals surface area (Å²) >= 11 is 18.3. The van der Waals surface area contributed by atoms with E-state index in [1.165, 1.54) is 0 Å². The number of aliphatic hydroxyl groups is 1. The van der Waals surface area contributed by atoms with Gasteiger partial charge in [0.1, 0.15) is 0 Å². The highest BCUT2D eigenvalue weighted by Crippen LogP contribution is 2.37. The van der Waals surface area contributed by atoms with Crippen LogP contribution in [0, 0.1) is 0 Å². The van der Waals surface area contributed by atoms with E-state index in [9.17, 15) is 5.11 Å². The summed E-state index contributed by atoms with van der Waals surface area (Å²) in [5.41, 5.74) is 2.34. The first-order chi connectivity index (χ1) is 10.0. The molecule has 1 heterocycles. The molecule has 2 rings (SSSR count). The van der Waals surface area contributed by atoms with E-state index >= 15 is 0 Å². The Morgan fingerprint density at radius 2 is 2.05 bits per heavy atom. The van der Waals surface area contributed by atoms with Crippen molar-refractivity contribution in [2.45, 2.75) is 18.9 Å². The Morgan fingerprint density at radius 3 is 2.67 bits per heavy atom. The molecule has 1 N–H and O–H groups in total. The molecule has 1 atom stereocenters. The van der Waals surface area contributed by atoms with Gasteiger partial charge in [-0.1, -0.05) is 53.5 Å². The number of aromatic nitrogens is 1. The minimum Gasteiger partial charge on any atom is -0.392 e. The normalized spacial score (nSPS) is 12.2. The standard InChI is InChI=1S/C16H14Cl3NO/c1-10(17)7-14(13-5-4-12(18)8-15(13)19)16-11(9-21)3-2-6-20-16/h2-6,8,14,21H,1,7,9H2. The van der Waals surface area contributed by atoms with Crippen LogP contribution in [0.1, 0.15) is 29.2 Å². The van der Waals surface area contributed by atoms with Gasteiger partial charge >= 0.3 is 0 Å². The Bertz CT molecular complexity index is 658. The first-order valence-corrected chi connectivity index (χ1v) is 7.49. The first-order valence-electron chi connectivity index (χ1n) is 6.35. The van der Waals surface area contributed by atoms with Crippen molar-refractivity contribution in [3.05, 3.63) is 75.0 Å². The molecule has 0 spiro atoms. The van der Waals surface area contributed by atoms with E-state index in [2.05, 4.69) is 11.6 Å². The van der Waals surface area contributed by atoms with Gasteiger partial charge in [0.15, 0.2) is 0 Å². The summed E-state index contributed by atoms with van der Waals surface area (Å²) in [7, 11) is 0. The minimum absolute atomic E-state index is 0.0976. The van der Waals surface area contributed by atoms with Crippen molar-refractivity contribution in [3.8, 4) is 0 Å². The predicted molar refractivity (Wildman–Crippen MR) is 88.1 cm³/mol. The molecule has 1 aromatic carbocycles. The number of aliphatic hydroxyl groups excluding tert-OH is 1. The fourth-order valence-corrected chi connectivity index (χ4v) is 2.95. The third-order valence-corrected chi connectivity index (χ3v) is 3.91. The number of nitrogens with zero attached hydrogens (tertiary/aromatic N) is 1. The third kappa shape index (κ3) is 3.98. The maximum atomic E-state index is 9.51. The number of pyridine rings is 1. The highest BCUT2D eigenvalue weighted by molar-refractivity contribution is 6.35. The number of rotatable bonds is 5. The van der Waals surface area contributed by atoms with Crippen LogP contribution in [0.3, 0.4) is 0 Å². The van der Waals surface area contributed by atoms with Crippen molar-refractivity contribution >= 4 is 34.8 Å². The highest BCUT2D eigenvalue weighted by Gasteiger charge is 2.22. The lowest BCUT2D eigenvalue weighted by Gasteiger charge is -2.20. The molecule has 1 aromatic heterocycles. The molecule has 21 heavy (non-hydrogen) atoms. The van der Waals surface area contributed by atoms with Crippen LogP contribution in [0.25, 0.3) is 0 Å². The summed E-state index contributed by atoms with van der Waals surface area (Å²) in [5, 5.41) is 11.1. The molecule has 0 aliphatic carbocycles. The maximum Gasteiger partial charge on any atom is 0.0699 e. The molecule has 110 valence electrons. The van der Waals surface area contributed by atoms with Crippen molar-refractivity contribution in [1.29, 1.82) is 0 Å². The molecule has 0 saturated heterocycles. The van der Waals surface area contributed by atoms with Crippen LogP contribution < -0.4 is 0 Å². The second kappa shape index (κ2) is 7.28. The quantitative estimate of drug-likeness (QED) is 0.814. The number of halogens is 3. The SMILES string of the molecule is C=C(Cl)CC(c1ccc(Cl)cc1Cl)c1ncccc1CO. The molecule has 0 radical (unpaired) electrons. The fourth-order valence-electron chi connectivity index (χ4n) is 2.26. The van der Waals surface area contributed by atoms with Gasteiger partial charge in [-0.05, 0) is 35.7 Å². The number of hydrogen-bond acceptors (Lipinski definition) is 2. The second-order valence-electron chi connectivity index (χ2n) is 4.65. The van der Waals surface area contributed by atoms with Crippen LogP contribution >= 0.6 is 34.8 Å². The molecule has 1 unspecified atom stereocenters. The lowest BCUT2D eigenvalue weighted by Crippen LogP contribution is -2.08. The predicted octanol–water partition coefficient (Wildman–Crippen LogP) is 5.16. The van der Waals surface area contributed by atoms with Crippen LogP contribution in [0.5, 0.6) is 0 Å². The topological polar surface area (TPSA) is 33.1 Å². The summed E-state index contributed by atoms with van der Waals surface area (Å²) in [6.07, 6.45) is 2.16. The summed E-state index contributed by atoms with van der Waals surface area (Å²) in [5.74, 6) is -0.178. The van der Waals surface area contributed by atoms with Gasteiger partial charge in [-0.15, -0.1) is 0 Å². The monoisotopic (exact) mass is 341 g/mol. The molecule has 0 aliphatic rings. The number of allylic oxidation sites excluding steroid dienone is 1. The molecule has 2 nitrogen and oxygen atoms in total. The van der Waals surface area contributed by atoms with Gasteiger partial charge in [-0.3, -0.25) is 4.98 Å². The number of benzene rings is 1. The molecular formula is C16H14Cl3NO. The Morgan fingerprint density at radius 1 is 1.29 bits per heavy atom. The first kappa shape index (κ1) is 16.3. The van der Waals surface area contributed by atoms with Gasteiger partial charge in [0.05, 0.1) is 12.3 Å². The van der Waals surface area contributed by atoms with E-state index in [4.69, 9.17) is 34.8 Å². The van der Waals surface area contributed by atoms with E-state index in [1.54, 1.807) is 24.4 Å². The van der Waals surface area contributed by atoms with Crippen molar-refractivity contribution in [3.63, 3.8) is 0 Å². The van der Waals surface area contributed by atoms with Gasteiger partial charge in [0.2, 0.25) is 0 Å². The summed E-state index contributed by atoms with van der Waals surface area (Å²) < 4.78 is 0.